The molecule has 21 heavy (non-hydrogen) atoms. The third-order valence-electron chi connectivity index (χ3n) is 2.62. The van der Waals surface area contributed by atoms with Gasteiger partial charge < -0.3 is 9.26 Å². The van der Waals surface area contributed by atoms with Gasteiger partial charge in [-0.3, -0.25) is 4.79 Å². The van der Waals surface area contributed by atoms with Crippen molar-refractivity contribution in [3.63, 3.8) is 0 Å². The summed E-state index contributed by atoms with van der Waals surface area (Å²) in [6.07, 6.45) is -3.74. The van der Waals surface area contributed by atoms with E-state index in [0.29, 0.717) is 18.5 Å². The van der Waals surface area contributed by atoms with Gasteiger partial charge in [0.25, 0.3) is 5.89 Å². The van der Waals surface area contributed by atoms with Gasteiger partial charge in [-0.2, -0.15) is 18.2 Å². The molecule has 0 N–H and O–H groups in total. The maximum atomic E-state index is 12.9. The molecule has 0 fully saturated rings. The Morgan fingerprint density at radius 1 is 1.38 bits per heavy atom. The number of rotatable bonds is 5. The van der Waals surface area contributed by atoms with Crippen LogP contribution in [-0.2, 0) is 19.2 Å². The Morgan fingerprint density at radius 3 is 2.71 bits per heavy atom. The monoisotopic (exact) mass is 300 g/mol. The lowest BCUT2D eigenvalue weighted by Crippen LogP contribution is -2.09. The van der Waals surface area contributed by atoms with Crippen LogP contribution in [0.4, 0.5) is 13.2 Å². The zero-order valence-electron chi connectivity index (χ0n) is 11.0. The third kappa shape index (κ3) is 3.59. The molecule has 0 aliphatic carbocycles. The summed E-state index contributed by atoms with van der Waals surface area (Å²) in [4.78, 5) is 14.5. The molecular weight excluding hydrogens is 289 g/mol. The van der Waals surface area contributed by atoms with E-state index in [1.54, 1.807) is 0 Å². The average molecular weight is 300 g/mol. The van der Waals surface area contributed by atoms with Gasteiger partial charge in [0.15, 0.2) is 12.4 Å². The number of halogens is 3. The number of carbonyl (C=O) groups is 1. The Labute approximate surface area is 117 Å². The molecule has 2 aromatic rings. The number of ether oxygens (including phenoxy) is 1. The predicted molar refractivity (Wildman–Crippen MR) is 64.8 cm³/mol. The first-order chi connectivity index (χ1) is 9.94. The topological polar surface area (TPSA) is 65.2 Å². The fourth-order valence-electron chi connectivity index (χ4n) is 1.60. The summed E-state index contributed by atoms with van der Waals surface area (Å²) in [6, 6.07) is 3.06. The number of hydrogen-bond donors (Lipinski definition) is 0. The first-order valence-electron chi connectivity index (χ1n) is 6.04. The number of aldehydes is 1. The Morgan fingerprint density at radius 2 is 2.14 bits per heavy atom. The lowest BCUT2D eigenvalue weighted by molar-refractivity contribution is -0.139. The molecular formula is C13H11F3N2O3. The number of aromatic nitrogens is 2. The summed E-state index contributed by atoms with van der Waals surface area (Å²) in [5.74, 6) is 0.129. The van der Waals surface area contributed by atoms with Gasteiger partial charge in [-0.25, -0.2) is 0 Å². The van der Waals surface area contributed by atoms with E-state index >= 15 is 0 Å². The summed E-state index contributed by atoms with van der Waals surface area (Å²) < 4.78 is 48.6. The van der Waals surface area contributed by atoms with Gasteiger partial charge in [-0.1, -0.05) is 12.1 Å². The molecule has 1 aromatic carbocycles. The molecule has 0 spiro atoms. The zero-order chi connectivity index (χ0) is 15.5. The van der Waals surface area contributed by atoms with E-state index in [2.05, 4.69) is 10.1 Å². The predicted octanol–water partition coefficient (Wildman–Crippen LogP) is 3.04. The van der Waals surface area contributed by atoms with Crippen molar-refractivity contribution in [3.05, 3.63) is 41.0 Å². The Hall–Kier alpha value is -2.38. The largest absolute Gasteiger partial charge is 0.483 e. The number of benzene rings is 1. The lowest BCUT2D eigenvalue weighted by atomic mass is 10.1. The summed E-state index contributed by atoms with van der Waals surface area (Å²) in [5.41, 5.74) is -1.11. The van der Waals surface area contributed by atoms with Crippen molar-refractivity contribution in [2.75, 3.05) is 0 Å². The fourth-order valence-corrected chi connectivity index (χ4v) is 1.60. The van der Waals surface area contributed by atoms with E-state index in [4.69, 9.17) is 9.26 Å². The van der Waals surface area contributed by atoms with E-state index in [1.165, 1.54) is 6.07 Å². The van der Waals surface area contributed by atoms with Crippen LogP contribution in [0.15, 0.2) is 22.7 Å². The second-order valence-corrected chi connectivity index (χ2v) is 4.12. The second kappa shape index (κ2) is 5.94. The van der Waals surface area contributed by atoms with Gasteiger partial charge in [0.1, 0.15) is 12.0 Å². The van der Waals surface area contributed by atoms with Crippen molar-refractivity contribution in [2.24, 2.45) is 0 Å². The summed E-state index contributed by atoms with van der Waals surface area (Å²) >= 11 is 0. The molecule has 0 aliphatic heterocycles. The van der Waals surface area contributed by atoms with Gasteiger partial charge in [-0.15, -0.1) is 0 Å². The molecule has 0 atom stereocenters. The van der Waals surface area contributed by atoms with E-state index in [0.717, 1.165) is 12.1 Å². The van der Waals surface area contributed by atoms with Gasteiger partial charge in [0, 0.05) is 12.0 Å². The number of alkyl halides is 3. The minimum absolute atomic E-state index is 0.0827. The molecule has 0 amide bonds. The second-order valence-electron chi connectivity index (χ2n) is 4.12. The number of hydrogen-bond acceptors (Lipinski definition) is 5. The van der Waals surface area contributed by atoms with Gasteiger partial charge in [0.05, 0.1) is 5.56 Å². The third-order valence-corrected chi connectivity index (χ3v) is 2.62. The maximum absolute atomic E-state index is 12.9. The van der Waals surface area contributed by atoms with Gasteiger partial charge in [-0.05, 0) is 18.2 Å². The van der Waals surface area contributed by atoms with E-state index in [1.807, 2.05) is 6.92 Å². The molecule has 0 aliphatic rings. The fraction of sp³-hybridized carbons (Fsp3) is 0.308. The quantitative estimate of drug-likeness (QED) is 0.794. The molecule has 0 radical (unpaired) electrons. The SMILES string of the molecule is CCc1noc(COc2ccc(C=O)cc2C(F)(F)F)n1. The minimum atomic E-state index is -4.63. The highest BCUT2D eigenvalue weighted by Crippen LogP contribution is 2.36. The molecule has 0 saturated heterocycles. The smallest absolute Gasteiger partial charge is 0.419 e. The molecule has 5 nitrogen and oxygen atoms in total. The molecule has 0 saturated carbocycles. The van der Waals surface area contributed by atoms with E-state index < -0.39 is 17.5 Å². The van der Waals surface area contributed by atoms with E-state index in [9.17, 15) is 18.0 Å². The first kappa shape index (κ1) is 15.0. The maximum Gasteiger partial charge on any atom is 0.419 e. The van der Waals surface area contributed by atoms with Crippen LogP contribution < -0.4 is 4.74 Å². The lowest BCUT2D eigenvalue weighted by Gasteiger charge is -2.13. The molecule has 0 bridgehead atoms. The molecule has 1 aromatic heterocycles. The molecule has 8 heteroatoms. The summed E-state index contributed by atoms with van der Waals surface area (Å²) in [7, 11) is 0. The standard InChI is InChI=1S/C13H11F3N2O3/c1-2-11-17-12(21-18-11)7-20-10-4-3-8(6-19)5-9(10)13(14,15)16/h3-6H,2,7H2,1H3. The average Bonchev–Trinajstić information content (AvgIpc) is 2.92. The normalized spacial score (nSPS) is 11.4. The number of nitrogens with zero attached hydrogens (tertiary/aromatic N) is 2. The first-order valence-corrected chi connectivity index (χ1v) is 6.04. The Kier molecular flexibility index (Phi) is 4.25. The van der Waals surface area contributed by atoms with Crippen LogP contribution in [0.3, 0.4) is 0 Å². The van der Waals surface area contributed by atoms with Crippen molar-refractivity contribution in [1.29, 1.82) is 0 Å². The summed E-state index contributed by atoms with van der Waals surface area (Å²) in [6.45, 7) is 1.53. The van der Waals surface area contributed by atoms with Crippen molar-refractivity contribution >= 4 is 6.29 Å². The highest BCUT2D eigenvalue weighted by atomic mass is 19.4. The van der Waals surface area contributed by atoms with E-state index in [-0.39, 0.29) is 18.1 Å². The van der Waals surface area contributed by atoms with Crippen LogP contribution in [0.5, 0.6) is 5.75 Å². The van der Waals surface area contributed by atoms with Crippen LogP contribution in [0.25, 0.3) is 0 Å². The van der Waals surface area contributed by atoms with Crippen LogP contribution >= 0.6 is 0 Å². The zero-order valence-corrected chi connectivity index (χ0v) is 11.0. The van der Waals surface area contributed by atoms with Gasteiger partial charge >= 0.3 is 6.18 Å². The molecule has 1 heterocycles. The van der Waals surface area contributed by atoms with Crippen molar-refractivity contribution in [2.45, 2.75) is 26.1 Å². The highest BCUT2D eigenvalue weighted by Gasteiger charge is 2.34. The van der Waals surface area contributed by atoms with Crippen LogP contribution in [-0.4, -0.2) is 16.4 Å². The highest BCUT2D eigenvalue weighted by molar-refractivity contribution is 5.75. The Balaban J connectivity index is 2.20. The molecule has 0 unspecified atom stereocenters. The van der Waals surface area contributed by atoms with Crippen molar-refractivity contribution in [3.8, 4) is 5.75 Å². The Bertz CT molecular complexity index is 638. The van der Waals surface area contributed by atoms with Crippen LogP contribution in [0.2, 0.25) is 0 Å². The number of aryl methyl sites for hydroxylation is 1. The summed E-state index contributed by atoms with van der Waals surface area (Å²) in [5, 5.41) is 3.61. The van der Waals surface area contributed by atoms with Crippen molar-refractivity contribution < 1.29 is 27.2 Å². The minimum Gasteiger partial charge on any atom is -0.483 e. The molecule has 112 valence electrons. The van der Waals surface area contributed by atoms with Crippen molar-refractivity contribution in [1.82, 2.24) is 10.1 Å². The number of carbonyl (C=O) groups excluding carboxylic acids is 1. The van der Waals surface area contributed by atoms with Crippen LogP contribution in [0.1, 0.15) is 34.6 Å². The van der Waals surface area contributed by atoms with Crippen LogP contribution in [0, 0.1) is 0 Å². The molecule has 2 rings (SSSR count). The van der Waals surface area contributed by atoms with Gasteiger partial charge in [0.2, 0.25) is 0 Å².